The van der Waals surface area contributed by atoms with Crippen LogP contribution in [0.25, 0.3) is 0 Å². The van der Waals surface area contributed by atoms with Crippen molar-refractivity contribution in [1.82, 2.24) is 0 Å². The van der Waals surface area contributed by atoms with Crippen LogP contribution in [0.4, 0.5) is 0 Å². The van der Waals surface area contributed by atoms with Gasteiger partial charge in [-0.25, -0.2) is 0 Å². The Labute approximate surface area is 80.8 Å². The monoisotopic (exact) mass is 229 g/mol. The van der Waals surface area contributed by atoms with Crippen molar-refractivity contribution in [1.29, 1.82) is 0 Å². The molecule has 2 N–H and O–H groups in total. The van der Waals surface area contributed by atoms with Gasteiger partial charge in [-0.3, -0.25) is 0 Å². The van der Waals surface area contributed by atoms with Crippen LogP contribution >= 0.6 is 15.9 Å². The molecule has 0 saturated heterocycles. The summed E-state index contributed by atoms with van der Waals surface area (Å²) in [5, 5.41) is 0. The first-order valence-electron chi connectivity index (χ1n) is 3.73. The van der Waals surface area contributed by atoms with E-state index in [-0.39, 0.29) is 6.04 Å². The molecule has 0 fully saturated rings. The molecule has 0 bridgehead atoms. The molecule has 2 nitrogen and oxygen atoms in total. The zero-order valence-corrected chi connectivity index (χ0v) is 8.76. The summed E-state index contributed by atoms with van der Waals surface area (Å²) in [7, 11) is 1.65. The molecule has 1 aromatic carbocycles. The van der Waals surface area contributed by atoms with Crippen molar-refractivity contribution in [2.75, 3.05) is 7.11 Å². The summed E-state index contributed by atoms with van der Waals surface area (Å²) in [5.74, 6) is 0.830. The van der Waals surface area contributed by atoms with Crippen LogP contribution in [0.15, 0.2) is 22.7 Å². The van der Waals surface area contributed by atoms with Crippen LogP contribution in [0.5, 0.6) is 5.75 Å². The summed E-state index contributed by atoms with van der Waals surface area (Å²) in [6.45, 7) is 1.95. The molecule has 0 aliphatic heterocycles. The lowest BCUT2D eigenvalue weighted by atomic mass is 10.1. The van der Waals surface area contributed by atoms with Crippen molar-refractivity contribution in [2.24, 2.45) is 5.73 Å². The van der Waals surface area contributed by atoms with Crippen molar-refractivity contribution >= 4 is 15.9 Å². The zero-order valence-electron chi connectivity index (χ0n) is 7.17. The van der Waals surface area contributed by atoms with Gasteiger partial charge in [-0.2, -0.15) is 0 Å². The van der Waals surface area contributed by atoms with Crippen molar-refractivity contribution in [3.8, 4) is 5.75 Å². The fourth-order valence-corrected chi connectivity index (χ4v) is 1.46. The minimum absolute atomic E-state index is 0.0383. The second-order valence-electron chi connectivity index (χ2n) is 2.71. The Balaban J connectivity index is 3.06. The number of rotatable bonds is 2. The maximum absolute atomic E-state index is 5.73. The van der Waals surface area contributed by atoms with E-state index in [4.69, 9.17) is 10.5 Å². The molecule has 1 atom stereocenters. The highest BCUT2D eigenvalue weighted by molar-refractivity contribution is 9.10. The molecule has 0 saturated carbocycles. The third-order valence-electron chi connectivity index (χ3n) is 1.66. The minimum Gasteiger partial charge on any atom is -0.497 e. The van der Waals surface area contributed by atoms with Gasteiger partial charge in [0.25, 0.3) is 0 Å². The first-order valence-corrected chi connectivity index (χ1v) is 4.53. The standard InChI is InChI=1S/C9H12BrNO/c1-6(11)7-3-8(10)5-9(4-7)12-2/h3-6H,11H2,1-2H3. The number of hydrogen-bond donors (Lipinski definition) is 1. The number of ether oxygens (including phenoxy) is 1. The minimum atomic E-state index is 0.0383. The maximum atomic E-state index is 5.73. The second kappa shape index (κ2) is 3.92. The summed E-state index contributed by atoms with van der Waals surface area (Å²) in [5.41, 5.74) is 6.80. The molecule has 1 unspecified atom stereocenters. The Morgan fingerprint density at radius 3 is 2.58 bits per heavy atom. The Morgan fingerprint density at radius 2 is 2.08 bits per heavy atom. The van der Waals surface area contributed by atoms with Gasteiger partial charge >= 0.3 is 0 Å². The lowest BCUT2D eigenvalue weighted by molar-refractivity contribution is 0.413. The molecule has 0 aliphatic rings. The Kier molecular flexibility index (Phi) is 3.12. The van der Waals surface area contributed by atoms with Gasteiger partial charge in [0, 0.05) is 10.5 Å². The van der Waals surface area contributed by atoms with E-state index >= 15 is 0 Å². The summed E-state index contributed by atoms with van der Waals surface area (Å²) in [4.78, 5) is 0. The van der Waals surface area contributed by atoms with Gasteiger partial charge in [0.1, 0.15) is 5.75 Å². The lowest BCUT2D eigenvalue weighted by Gasteiger charge is -2.08. The van der Waals surface area contributed by atoms with Crippen molar-refractivity contribution in [3.05, 3.63) is 28.2 Å². The number of methoxy groups -OCH3 is 1. The van der Waals surface area contributed by atoms with E-state index in [1.165, 1.54) is 0 Å². The van der Waals surface area contributed by atoms with Gasteiger partial charge in [0.05, 0.1) is 7.11 Å². The highest BCUT2D eigenvalue weighted by atomic mass is 79.9. The topological polar surface area (TPSA) is 35.2 Å². The van der Waals surface area contributed by atoms with E-state index in [9.17, 15) is 0 Å². The molecule has 0 heterocycles. The summed E-state index contributed by atoms with van der Waals surface area (Å²) >= 11 is 3.39. The van der Waals surface area contributed by atoms with Crippen LogP contribution in [-0.2, 0) is 0 Å². The predicted molar refractivity (Wildman–Crippen MR) is 53.3 cm³/mol. The number of hydrogen-bond acceptors (Lipinski definition) is 2. The highest BCUT2D eigenvalue weighted by Gasteiger charge is 2.02. The number of benzene rings is 1. The van der Waals surface area contributed by atoms with E-state index in [1.54, 1.807) is 7.11 Å². The van der Waals surface area contributed by atoms with E-state index < -0.39 is 0 Å². The van der Waals surface area contributed by atoms with Gasteiger partial charge in [-0.05, 0) is 30.7 Å². The average molecular weight is 230 g/mol. The molecule has 1 aromatic rings. The Hall–Kier alpha value is -0.540. The van der Waals surface area contributed by atoms with Crippen LogP contribution in [0, 0.1) is 0 Å². The van der Waals surface area contributed by atoms with E-state index in [0.717, 1.165) is 15.8 Å². The van der Waals surface area contributed by atoms with Crippen molar-refractivity contribution in [2.45, 2.75) is 13.0 Å². The first-order chi connectivity index (χ1) is 5.63. The highest BCUT2D eigenvalue weighted by Crippen LogP contribution is 2.23. The smallest absolute Gasteiger partial charge is 0.120 e. The second-order valence-corrected chi connectivity index (χ2v) is 3.63. The summed E-state index contributed by atoms with van der Waals surface area (Å²) < 4.78 is 6.09. The Bertz CT molecular complexity index is 273. The molecule has 0 aromatic heterocycles. The molecule has 0 spiro atoms. The van der Waals surface area contributed by atoms with Crippen molar-refractivity contribution in [3.63, 3.8) is 0 Å². The average Bonchev–Trinajstić information content (AvgIpc) is 2.03. The third kappa shape index (κ3) is 2.22. The van der Waals surface area contributed by atoms with Crippen LogP contribution in [0.2, 0.25) is 0 Å². The lowest BCUT2D eigenvalue weighted by Crippen LogP contribution is -2.04. The molecular formula is C9H12BrNO. The van der Waals surface area contributed by atoms with E-state index in [0.29, 0.717) is 0 Å². The Morgan fingerprint density at radius 1 is 1.42 bits per heavy atom. The van der Waals surface area contributed by atoms with Crippen LogP contribution < -0.4 is 10.5 Å². The SMILES string of the molecule is COc1cc(Br)cc(C(C)N)c1. The normalized spacial score (nSPS) is 12.7. The number of halogens is 1. The molecule has 0 amide bonds. The zero-order chi connectivity index (χ0) is 9.14. The van der Waals surface area contributed by atoms with Gasteiger partial charge in [-0.15, -0.1) is 0 Å². The first kappa shape index (κ1) is 9.55. The van der Waals surface area contributed by atoms with Crippen LogP contribution in [-0.4, -0.2) is 7.11 Å². The largest absolute Gasteiger partial charge is 0.497 e. The van der Waals surface area contributed by atoms with E-state index in [1.807, 2.05) is 25.1 Å². The van der Waals surface area contributed by atoms with Gasteiger partial charge in [0.2, 0.25) is 0 Å². The number of nitrogens with two attached hydrogens (primary N) is 1. The van der Waals surface area contributed by atoms with E-state index in [2.05, 4.69) is 15.9 Å². The third-order valence-corrected chi connectivity index (χ3v) is 2.11. The van der Waals surface area contributed by atoms with Gasteiger partial charge < -0.3 is 10.5 Å². The molecule has 12 heavy (non-hydrogen) atoms. The molecule has 0 radical (unpaired) electrons. The molecule has 3 heteroatoms. The molecule has 0 aliphatic carbocycles. The summed E-state index contributed by atoms with van der Waals surface area (Å²) in [6, 6.07) is 5.88. The molecular weight excluding hydrogens is 218 g/mol. The molecule has 1 rings (SSSR count). The van der Waals surface area contributed by atoms with Gasteiger partial charge in [-0.1, -0.05) is 15.9 Å². The van der Waals surface area contributed by atoms with Crippen LogP contribution in [0.1, 0.15) is 18.5 Å². The summed E-state index contributed by atoms with van der Waals surface area (Å²) in [6.07, 6.45) is 0. The fraction of sp³-hybridized carbons (Fsp3) is 0.333. The van der Waals surface area contributed by atoms with Gasteiger partial charge in [0.15, 0.2) is 0 Å². The maximum Gasteiger partial charge on any atom is 0.120 e. The molecule has 66 valence electrons. The fourth-order valence-electron chi connectivity index (χ4n) is 0.965. The van der Waals surface area contributed by atoms with Crippen LogP contribution in [0.3, 0.4) is 0 Å². The predicted octanol–water partition coefficient (Wildman–Crippen LogP) is 2.48. The quantitative estimate of drug-likeness (QED) is 0.846. The van der Waals surface area contributed by atoms with Crippen molar-refractivity contribution < 1.29 is 4.74 Å².